The first-order valence-electron chi connectivity index (χ1n) is 8.70. The molecule has 0 bridgehead atoms. The van der Waals surface area contributed by atoms with Crippen molar-refractivity contribution in [3.8, 4) is 0 Å². The molecule has 4 rings (SSSR count). The second kappa shape index (κ2) is 4.30. The van der Waals surface area contributed by atoms with Crippen molar-refractivity contribution in [3.05, 3.63) is 12.2 Å². The van der Waals surface area contributed by atoms with Crippen molar-refractivity contribution in [3.63, 3.8) is 0 Å². The molecule has 4 aliphatic carbocycles. The Labute approximate surface area is 127 Å². The summed E-state index contributed by atoms with van der Waals surface area (Å²) in [5.74, 6) is 2.09. The second-order valence-electron chi connectivity index (χ2n) is 8.48. The van der Waals surface area contributed by atoms with Crippen LogP contribution in [0, 0.1) is 34.5 Å². The maximum Gasteiger partial charge on any atom is 0.201 e. The van der Waals surface area contributed by atoms with Crippen molar-refractivity contribution in [2.45, 2.75) is 58.8 Å². The van der Waals surface area contributed by atoms with Crippen LogP contribution in [-0.4, -0.2) is 11.6 Å². The molecule has 0 heterocycles. The fourth-order valence-electron chi connectivity index (χ4n) is 6.43. The Kier molecular flexibility index (Phi) is 2.81. The molecule has 0 saturated heterocycles. The van der Waals surface area contributed by atoms with Gasteiger partial charge in [0.05, 0.1) is 0 Å². The van der Waals surface area contributed by atoms with E-state index in [4.69, 9.17) is 0 Å². The molecule has 6 atom stereocenters. The van der Waals surface area contributed by atoms with Crippen molar-refractivity contribution < 1.29 is 9.59 Å². The number of ketones is 2. The third-order valence-electron chi connectivity index (χ3n) is 7.68. The Morgan fingerprint density at radius 3 is 2.67 bits per heavy atom. The average molecular weight is 286 g/mol. The zero-order valence-corrected chi connectivity index (χ0v) is 13.2. The van der Waals surface area contributed by atoms with Gasteiger partial charge in [-0.05, 0) is 67.1 Å². The topological polar surface area (TPSA) is 34.1 Å². The number of carbonyl (C=O) groups is 2. The molecule has 3 saturated carbocycles. The van der Waals surface area contributed by atoms with Crippen LogP contribution in [-0.2, 0) is 9.59 Å². The molecular weight excluding hydrogens is 260 g/mol. The summed E-state index contributed by atoms with van der Waals surface area (Å²) in [5, 5.41) is 0. The molecule has 0 aliphatic heterocycles. The Morgan fingerprint density at radius 1 is 1.05 bits per heavy atom. The Balaban J connectivity index is 1.68. The van der Waals surface area contributed by atoms with Gasteiger partial charge in [0.2, 0.25) is 5.78 Å². The van der Waals surface area contributed by atoms with Crippen LogP contribution in [0.15, 0.2) is 12.2 Å². The van der Waals surface area contributed by atoms with E-state index in [1.54, 1.807) is 0 Å². The second-order valence-corrected chi connectivity index (χ2v) is 8.48. The summed E-state index contributed by atoms with van der Waals surface area (Å²) in [4.78, 5) is 24.2. The number of rotatable bonds is 0. The first kappa shape index (κ1) is 13.7. The molecular formula is C19H26O2. The third kappa shape index (κ3) is 1.71. The Hall–Kier alpha value is -0.920. The van der Waals surface area contributed by atoms with Crippen LogP contribution in [0.3, 0.4) is 0 Å². The van der Waals surface area contributed by atoms with Gasteiger partial charge in [0, 0.05) is 12.3 Å². The van der Waals surface area contributed by atoms with E-state index in [0.29, 0.717) is 17.8 Å². The molecule has 0 aromatic carbocycles. The normalized spacial score (nSPS) is 52.3. The van der Waals surface area contributed by atoms with E-state index in [-0.39, 0.29) is 22.9 Å². The number of allylic oxidation sites excluding steroid dienone is 2. The predicted molar refractivity (Wildman–Crippen MR) is 81.6 cm³/mol. The standard InChI is InChI=1S/C19H26O2/c1-18-9-3-4-13(18)12-5-6-15-17(21)16(20)8-11-19(15,2)14(12)7-10-18/h3,9,12-15H,4-8,10-11H2,1-2H3/t12-,13-,14-,15?,18-,19+/m0/s1. The lowest BCUT2D eigenvalue weighted by Gasteiger charge is -2.58. The number of hydrogen-bond acceptors (Lipinski definition) is 2. The number of carbonyl (C=O) groups excluding carboxylic acids is 2. The van der Waals surface area contributed by atoms with Gasteiger partial charge in [0.1, 0.15) is 0 Å². The Bertz CT molecular complexity index is 534. The first-order chi connectivity index (χ1) is 9.96. The van der Waals surface area contributed by atoms with Gasteiger partial charge in [-0.25, -0.2) is 0 Å². The monoisotopic (exact) mass is 286 g/mol. The molecule has 114 valence electrons. The summed E-state index contributed by atoms with van der Waals surface area (Å²) in [6.45, 7) is 4.76. The van der Waals surface area contributed by atoms with E-state index in [0.717, 1.165) is 31.1 Å². The van der Waals surface area contributed by atoms with Crippen molar-refractivity contribution in [1.29, 1.82) is 0 Å². The molecule has 0 N–H and O–H groups in total. The minimum Gasteiger partial charge on any atom is -0.291 e. The third-order valence-corrected chi connectivity index (χ3v) is 7.68. The minimum atomic E-state index is -0.0981. The summed E-state index contributed by atoms with van der Waals surface area (Å²) in [6, 6.07) is 0. The van der Waals surface area contributed by atoms with Crippen LogP contribution in [0.2, 0.25) is 0 Å². The lowest BCUT2D eigenvalue weighted by Crippen LogP contribution is -2.55. The van der Waals surface area contributed by atoms with Crippen molar-refractivity contribution in [1.82, 2.24) is 0 Å². The van der Waals surface area contributed by atoms with Crippen LogP contribution in [0.5, 0.6) is 0 Å². The van der Waals surface area contributed by atoms with Crippen LogP contribution in [0.25, 0.3) is 0 Å². The van der Waals surface area contributed by atoms with E-state index in [1.165, 1.54) is 19.3 Å². The average Bonchev–Trinajstić information content (AvgIpc) is 2.85. The first-order valence-corrected chi connectivity index (χ1v) is 8.70. The van der Waals surface area contributed by atoms with E-state index in [1.807, 2.05) is 0 Å². The highest BCUT2D eigenvalue weighted by Crippen LogP contribution is 2.64. The smallest absolute Gasteiger partial charge is 0.201 e. The van der Waals surface area contributed by atoms with Gasteiger partial charge >= 0.3 is 0 Å². The van der Waals surface area contributed by atoms with E-state index < -0.39 is 0 Å². The highest BCUT2D eigenvalue weighted by molar-refractivity contribution is 6.38. The van der Waals surface area contributed by atoms with Crippen LogP contribution < -0.4 is 0 Å². The fraction of sp³-hybridized carbons (Fsp3) is 0.789. The van der Waals surface area contributed by atoms with Crippen LogP contribution in [0.4, 0.5) is 0 Å². The molecule has 0 radical (unpaired) electrons. The molecule has 0 aromatic rings. The molecule has 2 nitrogen and oxygen atoms in total. The highest BCUT2D eigenvalue weighted by Gasteiger charge is 2.59. The lowest BCUT2D eigenvalue weighted by molar-refractivity contribution is -0.156. The highest BCUT2D eigenvalue weighted by atomic mass is 16.2. The summed E-state index contributed by atoms with van der Waals surface area (Å²) in [7, 11) is 0. The van der Waals surface area contributed by atoms with Crippen molar-refractivity contribution in [2.75, 3.05) is 0 Å². The Morgan fingerprint density at radius 2 is 1.86 bits per heavy atom. The maximum atomic E-state index is 12.4. The predicted octanol–water partition coefficient (Wildman–Crippen LogP) is 3.94. The van der Waals surface area contributed by atoms with Crippen molar-refractivity contribution >= 4 is 11.6 Å². The quantitative estimate of drug-likeness (QED) is 0.499. The van der Waals surface area contributed by atoms with Crippen LogP contribution in [0.1, 0.15) is 58.8 Å². The van der Waals surface area contributed by atoms with Crippen LogP contribution >= 0.6 is 0 Å². The molecule has 0 aromatic heterocycles. The van der Waals surface area contributed by atoms with Gasteiger partial charge < -0.3 is 0 Å². The molecule has 3 fully saturated rings. The molecule has 2 heteroatoms. The number of hydrogen-bond donors (Lipinski definition) is 0. The van der Waals surface area contributed by atoms with Gasteiger partial charge in [-0.15, -0.1) is 0 Å². The lowest BCUT2D eigenvalue weighted by atomic mass is 9.45. The molecule has 1 unspecified atom stereocenters. The van der Waals surface area contributed by atoms with Gasteiger partial charge in [0.15, 0.2) is 5.78 Å². The number of Topliss-reactive ketones (excluding diaryl/α,β-unsaturated/α-hetero) is 2. The molecule has 21 heavy (non-hydrogen) atoms. The van der Waals surface area contributed by atoms with E-state index in [2.05, 4.69) is 26.0 Å². The maximum absolute atomic E-state index is 12.4. The molecule has 0 amide bonds. The van der Waals surface area contributed by atoms with Crippen molar-refractivity contribution in [2.24, 2.45) is 34.5 Å². The summed E-state index contributed by atoms with van der Waals surface area (Å²) in [6.07, 6.45) is 12.1. The van der Waals surface area contributed by atoms with E-state index >= 15 is 0 Å². The SMILES string of the molecule is C[C@@]12C=CC[C@H]1[C@@H]1CCC3C(=O)C(=O)CC[C@]3(C)[C@H]1CC2. The zero-order chi connectivity index (χ0) is 14.8. The summed E-state index contributed by atoms with van der Waals surface area (Å²) < 4.78 is 0. The molecule has 0 spiro atoms. The summed E-state index contributed by atoms with van der Waals surface area (Å²) in [5.41, 5.74) is 0.497. The van der Waals surface area contributed by atoms with Gasteiger partial charge in [-0.1, -0.05) is 26.0 Å². The minimum absolute atomic E-state index is 0.0266. The summed E-state index contributed by atoms with van der Waals surface area (Å²) >= 11 is 0. The van der Waals surface area contributed by atoms with Gasteiger partial charge in [-0.3, -0.25) is 9.59 Å². The molecule has 4 aliphatic rings. The van der Waals surface area contributed by atoms with Gasteiger partial charge in [-0.2, -0.15) is 0 Å². The van der Waals surface area contributed by atoms with Gasteiger partial charge in [0.25, 0.3) is 0 Å². The number of fused-ring (bicyclic) bond motifs is 5. The zero-order valence-electron chi connectivity index (χ0n) is 13.2. The van der Waals surface area contributed by atoms with E-state index in [9.17, 15) is 9.59 Å². The fourth-order valence-corrected chi connectivity index (χ4v) is 6.43. The largest absolute Gasteiger partial charge is 0.291 e.